The number of nitrogens with one attached hydrogen (secondary N) is 1. The van der Waals surface area contributed by atoms with Crippen molar-refractivity contribution in [1.82, 2.24) is 5.32 Å². The molecular formula is C14H19Br2NO2. The van der Waals surface area contributed by atoms with E-state index in [1.807, 2.05) is 6.07 Å². The highest BCUT2D eigenvalue weighted by atomic mass is 79.9. The van der Waals surface area contributed by atoms with Crippen LogP contribution in [0.3, 0.4) is 0 Å². The van der Waals surface area contributed by atoms with Crippen molar-refractivity contribution in [3.05, 3.63) is 26.6 Å². The zero-order valence-electron chi connectivity index (χ0n) is 11.0. The second-order valence-corrected chi connectivity index (χ2v) is 6.74. The van der Waals surface area contributed by atoms with Crippen molar-refractivity contribution in [2.24, 2.45) is 5.92 Å². The average molecular weight is 393 g/mol. The molecule has 3 nitrogen and oxygen atoms in total. The first-order chi connectivity index (χ1) is 9.11. The van der Waals surface area contributed by atoms with Gasteiger partial charge in [0.1, 0.15) is 5.75 Å². The largest absolute Gasteiger partial charge is 0.495 e. The van der Waals surface area contributed by atoms with Crippen LogP contribution in [0.25, 0.3) is 0 Å². The van der Waals surface area contributed by atoms with Crippen LogP contribution in [0.4, 0.5) is 0 Å². The molecule has 0 bridgehead atoms. The maximum Gasteiger partial charge on any atom is 0.137 e. The van der Waals surface area contributed by atoms with Gasteiger partial charge in [-0.15, -0.1) is 0 Å². The molecule has 19 heavy (non-hydrogen) atoms. The molecule has 106 valence electrons. The summed E-state index contributed by atoms with van der Waals surface area (Å²) in [7, 11) is 1.68. The van der Waals surface area contributed by atoms with Gasteiger partial charge in [0.05, 0.1) is 17.7 Å². The minimum Gasteiger partial charge on any atom is -0.495 e. The van der Waals surface area contributed by atoms with Crippen LogP contribution in [0.2, 0.25) is 0 Å². The smallest absolute Gasteiger partial charge is 0.137 e. The molecule has 0 heterocycles. The van der Waals surface area contributed by atoms with E-state index in [9.17, 15) is 5.11 Å². The summed E-state index contributed by atoms with van der Waals surface area (Å²) < 4.78 is 7.39. The van der Waals surface area contributed by atoms with Crippen molar-refractivity contribution < 1.29 is 9.84 Å². The first-order valence-corrected chi connectivity index (χ1v) is 8.11. The number of ether oxygens (including phenoxy) is 1. The van der Waals surface area contributed by atoms with Gasteiger partial charge in [-0.2, -0.15) is 0 Å². The van der Waals surface area contributed by atoms with Gasteiger partial charge in [-0.1, -0.05) is 22.4 Å². The molecule has 0 radical (unpaired) electrons. The summed E-state index contributed by atoms with van der Waals surface area (Å²) in [6.45, 7) is 1.60. The molecule has 2 atom stereocenters. The number of aliphatic hydroxyl groups excluding tert-OH is 1. The number of hydrogen-bond donors (Lipinski definition) is 2. The normalized spacial score (nSPS) is 22.7. The minimum atomic E-state index is -0.136. The van der Waals surface area contributed by atoms with Gasteiger partial charge in [0, 0.05) is 23.1 Å². The number of hydrogen-bond acceptors (Lipinski definition) is 3. The lowest BCUT2D eigenvalue weighted by molar-refractivity contribution is 0.131. The summed E-state index contributed by atoms with van der Waals surface area (Å²) in [5.41, 5.74) is 1.11. The third-order valence-electron chi connectivity index (χ3n) is 3.63. The fourth-order valence-electron chi connectivity index (χ4n) is 2.62. The van der Waals surface area contributed by atoms with Gasteiger partial charge >= 0.3 is 0 Å². The van der Waals surface area contributed by atoms with E-state index in [1.165, 1.54) is 0 Å². The van der Waals surface area contributed by atoms with Crippen LogP contribution in [0.15, 0.2) is 21.1 Å². The lowest BCUT2D eigenvalue weighted by atomic mass is 10.1. The molecule has 1 fully saturated rings. The third kappa shape index (κ3) is 3.94. The van der Waals surface area contributed by atoms with E-state index in [1.54, 1.807) is 7.11 Å². The summed E-state index contributed by atoms with van der Waals surface area (Å²) >= 11 is 6.99. The van der Waals surface area contributed by atoms with Crippen LogP contribution >= 0.6 is 31.9 Å². The number of rotatable bonds is 5. The summed E-state index contributed by atoms with van der Waals surface area (Å²) in [5, 5.41) is 13.2. The topological polar surface area (TPSA) is 41.5 Å². The molecule has 0 aliphatic heterocycles. The quantitative estimate of drug-likeness (QED) is 0.805. The van der Waals surface area contributed by atoms with Crippen molar-refractivity contribution >= 4 is 31.9 Å². The lowest BCUT2D eigenvalue weighted by Crippen LogP contribution is -2.27. The van der Waals surface area contributed by atoms with Gasteiger partial charge in [-0.05, 0) is 46.8 Å². The van der Waals surface area contributed by atoms with Crippen LogP contribution in [-0.4, -0.2) is 24.9 Å². The molecule has 2 N–H and O–H groups in total. The van der Waals surface area contributed by atoms with Crippen LogP contribution < -0.4 is 10.1 Å². The predicted octanol–water partition coefficient (Wildman–Crippen LogP) is 3.47. The van der Waals surface area contributed by atoms with Crippen molar-refractivity contribution in [3.8, 4) is 5.75 Å². The highest BCUT2D eigenvalue weighted by Gasteiger charge is 2.24. The van der Waals surface area contributed by atoms with Gasteiger partial charge < -0.3 is 15.2 Å². The summed E-state index contributed by atoms with van der Waals surface area (Å²) in [6.07, 6.45) is 3.06. The molecule has 1 aliphatic rings. The second-order valence-electron chi connectivity index (χ2n) is 4.97. The van der Waals surface area contributed by atoms with E-state index < -0.39 is 0 Å². The zero-order chi connectivity index (χ0) is 13.8. The van der Waals surface area contributed by atoms with Crippen LogP contribution in [0.1, 0.15) is 24.8 Å². The molecule has 2 unspecified atom stereocenters. The van der Waals surface area contributed by atoms with Gasteiger partial charge in [0.25, 0.3) is 0 Å². The summed E-state index contributed by atoms with van der Waals surface area (Å²) in [6, 6.07) is 4.03. The van der Waals surface area contributed by atoms with Crippen molar-refractivity contribution in [1.29, 1.82) is 0 Å². The molecule has 1 aromatic carbocycles. The first-order valence-electron chi connectivity index (χ1n) is 6.52. The van der Waals surface area contributed by atoms with Crippen LogP contribution in [0, 0.1) is 5.92 Å². The fraction of sp³-hybridized carbons (Fsp3) is 0.571. The van der Waals surface area contributed by atoms with Crippen LogP contribution in [0.5, 0.6) is 5.75 Å². The molecule has 2 rings (SSSR count). The Morgan fingerprint density at radius 1 is 1.37 bits per heavy atom. The van der Waals surface area contributed by atoms with Gasteiger partial charge in [-0.25, -0.2) is 0 Å². The molecule has 5 heteroatoms. The maximum absolute atomic E-state index is 9.80. The summed E-state index contributed by atoms with van der Waals surface area (Å²) in [5.74, 6) is 1.25. The van der Waals surface area contributed by atoms with E-state index in [0.29, 0.717) is 5.92 Å². The Morgan fingerprint density at radius 2 is 2.16 bits per heavy atom. The molecule has 1 aromatic rings. The Kier molecular flexibility index (Phi) is 5.69. The minimum absolute atomic E-state index is 0.136. The Labute approximate surface area is 131 Å². The van der Waals surface area contributed by atoms with Crippen molar-refractivity contribution in [2.45, 2.75) is 31.9 Å². The van der Waals surface area contributed by atoms with E-state index in [4.69, 9.17) is 4.74 Å². The average Bonchev–Trinajstić information content (AvgIpc) is 2.75. The predicted molar refractivity (Wildman–Crippen MR) is 83.4 cm³/mol. The van der Waals surface area contributed by atoms with E-state index in [0.717, 1.165) is 52.6 Å². The Bertz CT molecular complexity index is 440. The number of halogens is 2. The SMILES string of the molecule is COc1c(Br)cc(Br)cc1CNCC1CCCC1O. The monoisotopic (exact) mass is 391 g/mol. The van der Waals surface area contributed by atoms with Crippen LogP contribution in [-0.2, 0) is 6.54 Å². The van der Waals surface area contributed by atoms with Gasteiger partial charge in [0.15, 0.2) is 0 Å². The molecule has 0 saturated heterocycles. The fourth-order valence-corrected chi connectivity index (χ4v) is 4.10. The van der Waals surface area contributed by atoms with E-state index in [2.05, 4.69) is 43.2 Å². The standard InChI is InChI=1S/C14H19Br2NO2/c1-19-14-10(5-11(15)6-12(14)16)8-17-7-9-3-2-4-13(9)18/h5-6,9,13,17-18H,2-4,7-8H2,1H3. The Morgan fingerprint density at radius 3 is 2.79 bits per heavy atom. The maximum atomic E-state index is 9.80. The number of aliphatic hydroxyl groups is 1. The van der Waals surface area contributed by atoms with E-state index >= 15 is 0 Å². The molecule has 1 saturated carbocycles. The van der Waals surface area contributed by atoms with Crippen molar-refractivity contribution in [2.75, 3.05) is 13.7 Å². The number of methoxy groups -OCH3 is 1. The van der Waals surface area contributed by atoms with Crippen molar-refractivity contribution in [3.63, 3.8) is 0 Å². The molecule has 0 spiro atoms. The highest BCUT2D eigenvalue weighted by molar-refractivity contribution is 9.11. The Hall–Kier alpha value is -0.100. The second kappa shape index (κ2) is 7.07. The first kappa shape index (κ1) is 15.3. The van der Waals surface area contributed by atoms with Gasteiger partial charge in [0.2, 0.25) is 0 Å². The molecule has 0 aromatic heterocycles. The lowest BCUT2D eigenvalue weighted by Gasteiger charge is -2.16. The summed E-state index contributed by atoms with van der Waals surface area (Å²) in [4.78, 5) is 0. The molecule has 0 amide bonds. The zero-order valence-corrected chi connectivity index (χ0v) is 14.1. The third-order valence-corrected chi connectivity index (χ3v) is 4.68. The highest BCUT2D eigenvalue weighted by Crippen LogP contribution is 2.32. The molecular weight excluding hydrogens is 374 g/mol. The van der Waals surface area contributed by atoms with Gasteiger partial charge in [-0.3, -0.25) is 0 Å². The number of benzene rings is 1. The molecule has 1 aliphatic carbocycles. The Balaban J connectivity index is 1.95. The van der Waals surface area contributed by atoms with E-state index in [-0.39, 0.29) is 6.10 Å².